The van der Waals surface area contributed by atoms with Crippen LogP contribution in [0, 0.1) is 5.92 Å². The molecule has 0 heterocycles. The van der Waals surface area contributed by atoms with Crippen LogP contribution in [0.1, 0.15) is 27.2 Å². The lowest BCUT2D eigenvalue weighted by Gasteiger charge is -2.18. The zero-order valence-corrected chi connectivity index (χ0v) is 9.47. The van der Waals surface area contributed by atoms with E-state index in [-0.39, 0.29) is 12.0 Å². The van der Waals surface area contributed by atoms with Crippen LogP contribution in [0.25, 0.3) is 0 Å². The van der Waals surface area contributed by atoms with E-state index in [2.05, 4.69) is 4.72 Å². The monoisotopic (exact) mass is 223 g/mol. The molecule has 0 fully saturated rings. The minimum Gasteiger partial charge on any atom is -0.480 e. The first-order valence-corrected chi connectivity index (χ1v) is 6.15. The lowest BCUT2D eigenvalue weighted by Crippen LogP contribution is -2.39. The molecule has 5 nitrogen and oxygen atoms in total. The molecule has 2 N–H and O–H groups in total. The molecule has 0 saturated heterocycles. The van der Waals surface area contributed by atoms with Crippen LogP contribution in [0.3, 0.4) is 0 Å². The van der Waals surface area contributed by atoms with Crippen molar-refractivity contribution >= 4 is 16.0 Å². The van der Waals surface area contributed by atoms with Crippen molar-refractivity contribution in [3.05, 3.63) is 0 Å². The third-order valence-corrected chi connectivity index (χ3v) is 3.53. The highest BCUT2D eigenvalue weighted by atomic mass is 32.2. The summed E-state index contributed by atoms with van der Waals surface area (Å²) in [7, 11) is -3.68. The summed E-state index contributed by atoms with van der Waals surface area (Å²) in [5.41, 5.74) is 0. The van der Waals surface area contributed by atoms with Crippen LogP contribution >= 0.6 is 0 Å². The van der Waals surface area contributed by atoms with E-state index in [1.807, 2.05) is 13.8 Å². The topological polar surface area (TPSA) is 83.5 Å². The van der Waals surface area contributed by atoms with E-state index in [9.17, 15) is 13.2 Å². The zero-order valence-electron chi connectivity index (χ0n) is 8.65. The van der Waals surface area contributed by atoms with Gasteiger partial charge in [0.1, 0.15) is 0 Å². The second-order valence-corrected chi connectivity index (χ2v) is 5.20. The Morgan fingerprint density at radius 2 is 1.93 bits per heavy atom. The van der Waals surface area contributed by atoms with Crippen molar-refractivity contribution in [3.8, 4) is 0 Å². The van der Waals surface area contributed by atoms with Crippen molar-refractivity contribution in [2.75, 3.05) is 5.75 Å². The molecule has 0 rings (SSSR count). The van der Waals surface area contributed by atoms with Gasteiger partial charge in [0, 0.05) is 6.04 Å². The van der Waals surface area contributed by atoms with Crippen LogP contribution in [0.4, 0.5) is 0 Å². The van der Waals surface area contributed by atoms with Gasteiger partial charge in [0.25, 0.3) is 0 Å². The molecule has 2 atom stereocenters. The minimum absolute atomic E-state index is 0.193. The molecule has 0 aliphatic carbocycles. The molecule has 0 bridgehead atoms. The molecular formula is C8H17NO4S. The number of carboxylic acid groups (broad SMARTS) is 1. The molecule has 2 unspecified atom stereocenters. The predicted octanol–water partition coefficient (Wildman–Crippen LogP) is 0.425. The van der Waals surface area contributed by atoms with Gasteiger partial charge in [0.2, 0.25) is 10.0 Å². The minimum atomic E-state index is -3.68. The van der Waals surface area contributed by atoms with Gasteiger partial charge in [-0.15, -0.1) is 0 Å². The largest absolute Gasteiger partial charge is 0.480 e. The van der Waals surface area contributed by atoms with E-state index in [0.29, 0.717) is 0 Å². The quantitative estimate of drug-likeness (QED) is 0.683. The number of aliphatic carboxylic acids is 1. The van der Waals surface area contributed by atoms with Gasteiger partial charge in [-0.05, 0) is 12.8 Å². The Morgan fingerprint density at radius 3 is 2.29 bits per heavy atom. The highest BCUT2D eigenvalue weighted by molar-refractivity contribution is 7.90. The lowest BCUT2D eigenvalue weighted by molar-refractivity contribution is -0.134. The molecule has 0 amide bonds. The summed E-state index contributed by atoms with van der Waals surface area (Å²) < 4.78 is 24.7. The number of sulfonamides is 1. The Bertz CT molecular complexity index is 286. The maximum atomic E-state index is 11.2. The summed E-state index contributed by atoms with van der Waals surface area (Å²) in [6.45, 7) is 5.59. The van der Waals surface area contributed by atoms with E-state index in [1.54, 1.807) is 6.92 Å². The molecule has 6 heteroatoms. The van der Waals surface area contributed by atoms with Crippen molar-refractivity contribution in [2.45, 2.75) is 33.2 Å². The normalized spacial score (nSPS) is 16.2. The number of nitrogens with one attached hydrogen (secondary N) is 1. The van der Waals surface area contributed by atoms with Crippen molar-refractivity contribution in [1.29, 1.82) is 0 Å². The van der Waals surface area contributed by atoms with E-state index in [4.69, 9.17) is 5.11 Å². The summed E-state index contributed by atoms with van der Waals surface area (Å²) >= 11 is 0. The summed E-state index contributed by atoms with van der Waals surface area (Å²) in [5.74, 6) is -2.01. The van der Waals surface area contributed by atoms with E-state index < -0.39 is 21.7 Å². The van der Waals surface area contributed by atoms with E-state index in [1.165, 1.54) is 0 Å². The van der Waals surface area contributed by atoms with Crippen LogP contribution in [0.15, 0.2) is 0 Å². The number of hydrogen-bond donors (Lipinski definition) is 2. The summed E-state index contributed by atoms with van der Waals surface area (Å²) in [4.78, 5) is 10.2. The van der Waals surface area contributed by atoms with Gasteiger partial charge in [-0.1, -0.05) is 20.3 Å². The van der Waals surface area contributed by atoms with E-state index >= 15 is 0 Å². The third kappa shape index (κ3) is 5.18. The first kappa shape index (κ1) is 13.4. The summed E-state index contributed by atoms with van der Waals surface area (Å²) in [6.07, 6.45) is 0.844. The molecule has 84 valence electrons. The first-order chi connectivity index (χ1) is 6.28. The second-order valence-electron chi connectivity index (χ2n) is 3.44. The Kier molecular flexibility index (Phi) is 5.07. The van der Waals surface area contributed by atoms with Gasteiger partial charge < -0.3 is 5.11 Å². The van der Waals surface area contributed by atoms with Crippen molar-refractivity contribution < 1.29 is 18.3 Å². The van der Waals surface area contributed by atoms with Gasteiger partial charge in [0.15, 0.2) is 5.75 Å². The fourth-order valence-corrected chi connectivity index (χ4v) is 2.16. The molecule has 14 heavy (non-hydrogen) atoms. The average molecular weight is 223 g/mol. The number of carboxylic acids is 1. The Labute approximate surface area is 84.6 Å². The number of rotatable bonds is 6. The smallest absolute Gasteiger partial charge is 0.320 e. The SMILES string of the molecule is CCC(C)C(C)NS(=O)(=O)CC(=O)O. The van der Waals surface area contributed by atoms with Gasteiger partial charge in [-0.3, -0.25) is 4.79 Å². The molecule has 0 aromatic carbocycles. The van der Waals surface area contributed by atoms with Crippen molar-refractivity contribution in [3.63, 3.8) is 0 Å². The number of carbonyl (C=O) groups is 1. The maximum Gasteiger partial charge on any atom is 0.320 e. The molecule has 0 aromatic rings. The van der Waals surface area contributed by atoms with Crippen molar-refractivity contribution in [1.82, 2.24) is 4.72 Å². The molecular weight excluding hydrogens is 206 g/mol. The van der Waals surface area contributed by atoms with Gasteiger partial charge in [0.05, 0.1) is 0 Å². The highest BCUT2D eigenvalue weighted by Gasteiger charge is 2.20. The molecule has 0 saturated carbocycles. The zero-order chi connectivity index (χ0) is 11.4. The van der Waals surface area contributed by atoms with Gasteiger partial charge in [-0.25, -0.2) is 13.1 Å². The molecule has 0 aromatic heterocycles. The van der Waals surface area contributed by atoms with Crippen LogP contribution in [-0.4, -0.2) is 31.3 Å². The third-order valence-electron chi connectivity index (χ3n) is 2.18. The Balaban J connectivity index is 4.29. The highest BCUT2D eigenvalue weighted by Crippen LogP contribution is 2.07. The predicted molar refractivity (Wildman–Crippen MR) is 53.5 cm³/mol. The van der Waals surface area contributed by atoms with Gasteiger partial charge in [-0.2, -0.15) is 0 Å². The molecule has 0 aliphatic heterocycles. The van der Waals surface area contributed by atoms with Crippen molar-refractivity contribution in [2.24, 2.45) is 5.92 Å². The van der Waals surface area contributed by atoms with Gasteiger partial charge >= 0.3 is 5.97 Å². The lowest BCUT2D eigenvalue weighted by atomic mass is 10.0. The van der Waals surface area contributed by atoms with E-state index in [0.717, 1.165) is 6.42 Å². The Morgan fingerprint density at radius 1 is 1.43 bits per heavy atom. The summed E-state index contributed by atoms with van der Waals surface area (Å²) in [6, 6.07) is -0.232. The summed E-state index contributed by atoms with van der Waals surface area (Å²) in [5, 5.41) is 8.34. The van der Waals surface area contributed by atoms with Crippen LogP contribution < -0.4 is 4.72 Å². The second kappa shape index (κ2) is 5.31. The molecule has 0 spiro atoms. The first-order valence-electron chi connectivity index (χ1n) is 4.50. The van der Waals surface area contributed by atoms with Crippen LogP contribution in [0.5, 0.6) is 0 Å². The molecule has 0 aliphatic rings. The fourth-order valence-electron chi connectivity index (χ4n) is 0.957. The number of hydrogen-bond acceptors (Lipinski definition) is 3. The maximum absolute atomic E-state index is 11.2. The van der Waals surface area contributed by atoms with Crippen LogP contribution in [0.2, 0.25) is 0 Å². The molecule has 0 radical (unpaired) electrons. The average Bonchev–Trinajstić information content (AvgIpc) is 1.99. The Hall–Kier alpha value is -0.620. The van der Waals surface area contributed by atoms with Crippen LogP contribution in [-0.2, 0) is 14.8 Å². The standard InChI is InChI=1S/C8H17NO4S/c1-4-6(2)7(3)9-14(12,13)5-8(10)11/h6-7,9H,4-5H2,1-3H3,(H,10,11). The fraction of sp³-hybridized carbons (Fsp3) is 0.875.